The standard InChI is InChI=1S/C27H37Cl2N3O5S/c1-6-19(3)30-27(34)25(7-2)31(18-22-23(28)13-9-14-24(22)29)26(33)15-10-16-32(38(5,35)36)20-11-8-12-21(17-20)37-4/h8-9,11-14,17,19,25H,6-7,10,15-16,18H2,1-5H3,(H,30,34). The molecule has 210 valence electrons. The Labute approximate surface area is 236 Å². The summed E-state index contributed by atoms with van der Waals surface area (Å²) in [6.07, 6.45) is 2.50. The molecule has 2 unspecified atom stereocenters. The topological polar surface area (TPSA) is 96.0 Å². The van der Waals surface area contributed by atoms with Gasteiger partial charge in [-0.15, -0.1) is 0 Å². The predicted octanol–water partition coefficient (Wildman–Crippen LogP) is 5.27. The largest absolute Gasteiger partial charge is 0.497 e. The Balaban J connectivity index is 2.29. The van der Waals surface area contributed by atoms with Crippen LogP contribution in [0.25, 0.3) is 0 Å². The first kappa shape index (κ1) is 31.7. The monoisotopic (exact) mass is 585 g/mol. The number of amides is 2. The van der Waals surface area contributed by atoms with E-state index < -0.39 is 16.1 Å². The lowest BCUT2D eigenvalue weighted by Crippen LogP contribution is -2.50. The van der Waals surface area contributed by atoms with Gasteiger partial charge in [0.1, 0.15) is 11.8 Å². The Morgan fingerprint density at radius 2 is 1.68 bits per heavy atom. The fraction of sp³-hybridized carbons (Fsp3) is 0.481. The van der Waals surface area contributed by atoms with Crippen molar-refractivity contribution in [3.8, 4) is 5.75 Å². The molecule has 2 aromatic rings. The van der Waals surface area contributed by atoms with E-state index in [2.05, 4.69) is 5.32 Å². The highest BCUT2D eigenvalue weighted by molar-refractivity contribution is 7.92. The summed E-state index contributed by atoms with van der Waals surface area (Å²) >= 11 is 12.8. The number of nitrogens with zero attached hydrogens (tertiary/aromatic N) is 2. The number of sulfonamides is 1. The lowest BCUT2D eigenvalue weighted by molar-refractivity contribution is -0.141. The molecule has 0 aromatic heterocycles. The summed E-state index contributed by atoms with van der Waals surface area (Å²) in [4.78, 5) is 28.2. The molecule has 2 rings (SSSR count). The number of carbonyl (C=O) groups is 2. The van der Waals surface area contributed by atoms with E-state index in [1.807, 2.05) is 20.8 Å². The lowest BCUT2D eigenvalue weighted by atomic mass is 10.1. The molecular formula is C27H37Cl2N3O5S. The molecule has 0 radical (unpaired) electrons. The van der Waals surface area contributed by atoms with Crippen LogP contribution in [0.4, 0.5) is 5.69 Å². The van der Waals surface area contributed by atoms with Gasteiger partial charge < -0.3 is 15.0 Å². The number of ether oxygens (including phenoxy) is 1. The highest BCUT2D eigenvalue weighted by Crippen LogP contribution is 2.28. The molecule has 0 spiro atoms. The Kier molecular flexibility index (Phi) is 12.2. The number of rotatable bonds is 14. The minimum absolute atomic E-state index is 0.0190. The van der Waals surface area contributed by atoms with Crippen molar-refractivity contribution in [2.45, 2.75) is 65.1 Å². The van der Waals surface area contributed by atoms with Crippen molar-refractivity contribution in [2.75, 3.05) is 24.2 Å². The Hall–Kier alpha value is -2.49. The Morgan fingerprint density at radius 1 is 1.05 bits per heavy atom. The van der Waals surface area contributed by atoms with E-state index in [4.69, 9.17) is 27.9 Å². The van der Waals surface area contributed by atoms with Crippen LogP contribution in [0.5, 0.6) is 5.75 Å². The van der Waals surface area contributed by atoms with Crippen LogP contribution in [-0.4, -0.2) is 57.1 Å². The molecule has 0 heterocycles. The normalized spacial score (nSPS) is 12.9. The van der Waals surface area contributed by atoms with Gasteiger partial charge in [-0.3, -0.25) is 13.9 Å². The maximum Gasteiger partial charge on any atom is 0.243 e. The zero-order valence-corrected chi connectivity index (χ0v) is 24.9. The molecule has 11 heteroatoms. The van der Waals surface area contributed by atoms with Gasteiger partial charge in [-0.25, -0.2) is 8.42 Å². The number of methoxy groups -OCH3 is 1. The van der Waals surface area contributed by atoms with E-state index in [0.717, 1.165) is 12.7 Å². The first-order valence-electron chi connectivity index (χ1n) is 12.6. The number of hydrogen-bond donors (Lipinski definition) is 1. The van der Waals surface area contributed by atoms with E-state index in [0.29, 0.717) is 33.5 Å². The van der Waals surface area contributed by atoms with E-state index >= 15 is 0 Å². The average molecular weight is 587 g/mol. The van der Waals surface area contributed by atoms with Crippen LogP contribution >= 0.6 is 23.2 Å². The maximum atomic E-state index is 13.6. The highest BCUT2D eigenvalue weighted by atomic mass is 35.5. The van der Waals surface area contributed by atoms with Gasteiger partial charge in [0.2, 0.25) is 21.8 Å². The molecule has 0 aliphatic rings. The van der Waals surface area contributed by atoms with Crippen LogP contribution in [-0.2, 0) is 26.2 Å². The van der Waals surface area contributed by atoms with Crippen molar-refractivity contribution < 1.29 is 22.7 Å². The second-order valence-electron chi connectivity index (χ2n) is 9.10. The third-order valence-electron chi connectivity index (χ3n) is 6.27. The summed E-state index contributed by atoms with van der Waals surface area (Å²) in [5.74, 6) is -0.0353. The first-order valence-corrected chi connectivity index (χ1v) is 15.2. The van der Waals surface area contributed by atoms with Gasteiger partial charge in [0.15, 0.2) is 0 Å². The van der Waals surface area contributed by atoms with Gasteiger partial charge >= 0.3 is 0 Å². The molecule has 0 fully saturated rings. The summed E-state index contributed by atoms with van der Waals surface area (Å²) in [5, 5.41) is 3.75. The average Bonchev–Trinajstić information content (AvgIpc) is 2.87. The minimum Gasteiger partial charge on any atom is -0.497 e. The van der Waals surface area contributed by atoms with Gasteiger partial charge in [0.05, 0.1) is 19.1 Å². The van der Waals surface area contributed by atoms with Crippen LogP contribution in [0.15, 0.2) is 42.5 Å². The summed E-state index contributed by atoms with van der Waals surface area (Å²) < 4.78 is 31.5. The van der Waals surface area contributed by atoms with Crippen molar-refractivity contribution in [3.05, 3.63) is 58.1 Å². The van der Waals surface area contributed by atoms with Crippen LogP contribution in [0.2, 0.25) is 10.0 Å². The number of carbonyl (C=O) groups excluding carboxylic acids is 2. The van der Waals surface area contributed by atoms with Crippen LogP contribution in [0.1, 0.15) is 52.0 Å². The van der Waals surface area contributed by atoms with Crippen molar-refractivity contribution in [1.29, 1.82) is 0 Å². The number of anilines is 1. The smallest absolute Gasteiger partial charge is 0.243 e. The number of benzene rings is 2. The van der Waals surface area contributed by atoms with Crippen LogP contribution in [0, 0.1) is 0 Å². The molecule has 0 aliphatic carbocycles. The van der Waals surface area contributed by atoms with Crippen molar-refractivity contribution in [1.82, 2.24) is 10.2 Å². The van der Waals surface area contributed by atoms with Gasteiger partial charge in [-0.2, -0.15) is 0 Å². The lowest BCUT2D eigenvalue weighted by Gasteiger charge is -2.32. The molecule has 0 aliphatic heterocycles. The van der Waals surface area contributed by atoms with Gasteiger partial charge in [-0.1, -0.05) is 49.2 Å². The molecule has 38 heavy (non-hydrogen) atoms. The van der Waals surface area contributed by atoms with Gasteiger partial charge in [-0.05, 0) is 50.5 Å². The van der Waals surface area contributed by atoms with Gasteiger partial charge in [0, 0.05) is 47.2 Å². The van der Waals surface area contributed by atoms with E-state index in [9.17, 15) is 18.0 Å². The Morgan fingerprint density at radius 3 is 2.24 bits per heavy atom. The zero-order chi connectivity index (χ0) is 28.5. The molecular weight excluding hydrogens is 549 g/mol. The molecule has 0 bridgehead atoms. The number of halogens is 2. The molecule has 1 N–H and O–H groups in total. The van der Waals surface area contributed by atoms with Gasteiger partial charge in [0.25, 0.3) is 0 Å². The van der Waals surface area contributed by atoms with E-state index in [1.54, 1.807) is 42.5 Å². The molecule has 2 atom stereocenters. The third-order valence-corrected chi connectivity index (χ3v) is 8.17. The summed E-state index contributed by atoms with van der Waals surface area (Å²) in [6, 6.07) is 11.0. The molecule has 2 aromatic carbocycles. The Bertz CT molecular complexity index is 1190. The highest BCUT2D eigenvalue weighted by Gasteiger charge is 2.30. The second kappa shape index (κ2) is 14.6. The van der Waals surface area contributed by atoms with Crippen molar-refractivity contribution >= 4 is 50.7 Å². The molecule has 2 amide bonds. The number of hydrogen-bond acceptors (Lipinski definition) is 5. The fourth-order valence-electron chi connectivity index (χ4n) is 3.98. The van der Waals surface area contributed by atoms with Crippen LogP contribution in [0.3, 0.4) is 0 Å². The molecule has 0 saturated heterocycles. The zero-order valence-electron chi connectivity index (χ0n) is 22.5. The quantitative estimate of drug-likeness (QED) is 0.326. The summed E-state index contributed by atoms with van der Waals surface area (Å²) in [5.41, 5.74) is 0.992. The van der Waals surface area contributed by atoms with E-state index in [1.165, 1.54) is 16.3 Å². The van der Waals surface area contributed by atoms with Crippen molar-refractivity contribution in [2.24, 2.45) is 0 Å². The second-order valence-corrected chi connectivity index (χ2v) is 11.8. The van der Waals surface area contributed by atoms with Crippen molar-refractivity contribution in [3.63, 3.8) is 0 Å². The first-order chi connectivity index (χ1) is 17.9. The number of nitrogens with one attached hydrogen (secondary N) is 1. The minimum atomic E-state index is -3.62. The summed E-state index contributed by atoms with van der Waals surface area (Å²) in [7, 11) is -2.11. The third kappa shape index (κ3) is 8.78. The fourth-order valence-corrected chi connectivity index (χ4v) is 5.46. The van der Waals surface area contributed by atoms with Crippen LogP contribution < -0.4 is 14.4 Å². The molecule has 8 nitrogen and oxygen atoms in total. The van der Waals surface area contributed by atoms with E-state index in [-0.39, 0.29) is 43.8 Å². The SMILES string of the molecule is CCC(C)NC(=O)C(CC)N(Cc1c(Cl)cccc1Cl)C(=O)CCCN(c1cccc(OC)c1)S(C)(=O)=O. The summed E-state index contributed by atoms with van der Waals surface area (Å²) in [6.45, 7) is 5.83. The predicted molar refractivity (Wildman–Crippen MR) is 153 cm³/mol. The maximum absolute atomic E-state index is 13.6. The molecule has 0 saturated carbocycles.